The fourth-order valence-corrected chi connectivity index (χ4v) is 1.15. The Morgan fingerprint density at radius 3 is 2.83 bits per heavy atom. The molecular weight excluding hydrogens is 156 g/mol. The van der Waals surface area contributed by atoms with Crippen molar-refractivity contribution in [3.05, 3.63) is 35.6 Å². The Morgan fingerprint density at radius 1 is 1.17 bits per heavy atom. The van der Waals surface area contributed by atoms with Gasteiger partial charge in [0.2, 0.25) is 11.6 Å². The first kappa shape index (κ1) is 7.03. The van der Waals surface area contributed by atoms with Crippen molar-refractivity contribution in [2.45, 2.75) is 0 Å². The Bertz CT molecular complexity index is 345. The summed E-state index contributed by atoms with van der Waals surface area (Å²) in [6.07, 6.45) is 6.11. The van der Waals surface area contributed by atoms with Crippen molar-refractivity contribution in [3.8, 4) is 0 Å². The molecule has 0 atom stereocenters. The summed E-state index contributed by atoms with van der Waals surface area (Å²) in [7, 11) is 0. The molecule has 0 N–H and O–H groups in total. The van der Waals surface area contributed by atoms with E-state index in [0.29, 0.717) is 17.9 Å². The molecule has 60 valence electrons. The number of carbonyl (C=O) groups excluding carboxylic acids is 2. The van der Waals surface area contributed by atoms with Crippen LogP contribution in [-0.4, -0.2) is 18.2 Å². The smallest absolute Gasteiger partial charge is 0.236 e. The number of ketones is 2. The van der Waals surface area contributed by atoms with Crippen LogP contribution in [0.15, 0.2) is 35.6 Å². The van der Waals surface area contributed by atoms with Crippen molar-refractivity contribution >= 4 is 11.6 Å². The summed E-state index contributed by atoms with van der Waals surface area (Å²) in [5, 5.41) is 0. The third-order valence-electron chi connectivity index (χ3n) is 1.74. The van der Waals surface area contributed by atoms with Gasteiger partial charge in [-0.1, -0.05) is 0 Å². The molecule has 0 unspecified atom stereocenters. The first-order valence-electron chi connectivity index (χ1n) is 3.59. The highest BCUT2D eigenvalue weighted by Crippen LogP contribution is 2.19. The van der Waals surface area contributed by atoms with Gasteiger partial charge in [-0.05, 0) is 24.3 Å². The van der Waals surface area contributed by atoms with E-state index in [1.54, 1.807) is 12.2 Å². The van der Waals surface area contributed by atoms with E-state index in [2.05, 4.69) is 0 Å². The molecule has 2 rings (SSSR count). The van der Waals surface area contributed by atoms with Gasteiger partial charge >= 0.3 is 0 Å². The molecule has 0 aromatic rings. The van der Waals surface area contributed by atoms with Crippen LogP contribution in [0.25, 0.3) is 0 Å². The second-order valence-corrected chi connectivity index (χ2v) is 2.52. The second kappa shape index (κ2) is 2.44. The zero-order chi connectivity index (χ0) is 8.55. The zero-order valence-electron chi connectivity index (χ0n) is 6.24. The molecule has 0 amide bonds. The summed E-state index contributed by atoms with van der Waals surface area (Å²) < 4.78 is 5.13. The van der Waals surface area contributed by atoms with Crippen LogP contribution in [0.4, 0.5) is 0 Å². The van der Waals surface area contributed by atoms with Crippen LogP contribution in [0.5, 0.6) is 0 Å². The average molecular weight is 162 g/mol. The maximum absolute atomic E-state index is 11.2. The van der Waals surface area contributed by atoms with E-state index >= 15 is 0 Å². The monoisotopic (exact) mass is 162 g/mol. The van der Waals surface area contributed by atoms with Gasteiger partial charge in [0.05, 0.1) is 5.57 Å². The van der Waals surface area contributed by atoms with Gasteiger partial charge in [0.25, 0.3) is 0 Å². The van der Waals surface area contributed by atoms with Crippen molar-refractivity contribution in [1.29, 1.82) is 0 Å². The molecule has 0 bridgehead atoms. The zero-order valence-corrected chi connectivity index (χ0v) is 6.24. The lowest BCUT2D eigenvalue weighted by Crippen LogP contribution is -2.20. The van der Waals surface area contributed by atoms with E-state index in [1.807, 2.05) is 0 Å². The van der Waals surface area contributed by atoms with E-state index in [1.165, 1.54) is 12.2 Å². The van der Waals surface area contributed by atoms with Gasteiger partial charge in [0.15, 0.2) is 0 Å². The number of Topliss-reactive ketones (excluding diaryl/α,β-unsaturated/α-hetero) is 1. The number of ether oxygens (including phenoxy) is 1. The Hall–Kier alpha value is -1.64. The lowest BCUT2D eigenvalue weighted by atomic mass is 9.99. The van der Waals surface area contributed by atoms with Crippen LogP contribution >= 0.6 is 0 Å². The Morgan fingerprint density at radius 2 is 2.00 bits per heavy atom. The average Bonchev–Trinajstić information content (AvgIpc) is 2.12. The van der Waals surface area contributed by atoms with Crippen molar-refractivity contribution in [2.75, 3.05) is 6.61 Å². The van der Waals surface area contributed by atoms with Crippen molar-refractivity contribution in [1.82, 2.24) is 0 Å². The normalized spacial score (nSPS) is 21.0. The standard InChI is InChI=1S/C9H6O3/c10-7-3-4-8-6(9(7)11)2-1-5-12-8/h1-4H,5H2. The third-order valence-corrected chi connectivity index (χ3v) is 1.74. The number of hydrogen-bond acceptors (Lipinski definition) is 3. The van der Waals surface area contributed by atoms with Gasteiger partial charge in [-0.25, -0.2) is 0 Å². The molecule has 0 spiro atoms. The lowest BCUT2D eigenvalue weighted by Gasteiger charge is -2.15. The Balaban J connectivity index is 2.48. The second-order valence-electron chi connectivity index (χ2n) is 2.52. The summed E-state index contributed by atoms with van der Waals surface area (Å²) in [4.78, 5) is 22.1. The summed E-state index contributed by atoms with van der Waals surface area (Å²) in [6, 6.07) is 0. The summed E-state index contributed by atoms with van der Waals surface area (Å²) in [5.41, 5.74) is 0.369. The molecule has 1 heterocycles. The molecular formula is C9H6O3. The van der Waals surface area contributed by atoms with Gasteiger partial charge in [-0.15, -0.1) is 0 Å². The first-order valence-corrected chi connectivity index (χ1v) is 3.59. The molecule has 0 aromatic carbocycles. The SMILES string of the molecule is O=C1C=CC2=C(C=CCO2)C1=O. The lowest BCUT2D eigenvalue weighted by molar-refractivity contribution is -0.131. The van der Waals surface area contributed by atoms with Gasteiger partial charge in [0.1, 0.15) is 12.4 Å². The molecule has 2 aliphatic rings. The quantitative estimate of drug-likeness (QED) is 0.385. The van der Waals surface area contributed by atoms with Crippen LogP contribution < -0.4 is 0 Å². The summed E-state index contributed by atoms with van der Waals surface area (Å²) in [5.74, 6) is -0.463. The number of hydrogen-bond donors (Lipinski definition) is 0. The van der Waals surface area contributed by atoms with Crippen LogP contribution in [0.1, 0.15) is 0 Å². The minimum Gasteiger partial charge on any atom is -0.489 e. The third kappa shape index (κ3) is 0.906. The molecule has 3 heteroatoms. The minimum absolute atomic E-state index is 0.369. The Kier molecular flexibility index (Phi) is 1.43. The highest BCUT2D eigenvalue weighted by Gasteiger charge is 2.24. The molecule has 0 radical (unpaired) electrons. The fraction of sp³-hybridized carbons (Fsp3) is 0.111. The van der Waals surface area contributed by atoms with Crippen molar-refractivity contribution in [3.63, 3.8) is 0 Å². The van der Waals surface area contributed by atoms with Gasteiger partial charge in [-0.3, -0.25) is 9.59 Å². The predicted molar refractivity (Wildman–Crippen MR) is 41.3 cm³/mol. The van der Waals surface area contributed by atoms with E-state index in [4.69, 9.17) is 4.74 Å². The molecule has 0 saturated heterocycles. The molecule has 1 aliphatic heterocycles. The highest BCUT2D eigenvalue weighted by molar-refractivity contribution is 6.49. The highest BCUT2D eigenvalue weighted by atomic mass is 16.5. The van der Waals surface area contributed by atoms with E-state index < -0.39 is 11.6 Å². The van der Waals surface area contributed by atoms with Crippen LogP contribution in [-0.2, 0) is 14.3 Å². The number of rotatable bonds is 0. The molecule has 0 aromatic heterocycles. The largest absolute Gasteiger partial charge is 0.489 e. The van der Waals surface area contributed by atoms with Gasteiger partial charge < -0.3 is 4.74 Å². The van der Waals surface area contributed by atoms with Crippen LogP contribution in [0.3, 0.4) is 0 Å². The van der Waals surface area contributed by atoms with Crippen LogP contribution in [0.2, 0.25) is 0 Å². The fourth-order valence-electron chi connectivity index (χ4n) is 1.15. The molecule has 0 fully saturated rings. The van der Waals surface area contributed by atoms with Crippen molar-refractivity contribution < 1.29 is 14.3 Å². The van der Waals surface area contributed by atoms with Gasteiger partial charge in [0, 0.05) is 0 Å². The minimum atomic E-state index is -0.483. The first-order chi connectivity index (χ1) is 5.79. The number of carbonyl (C=O) groups is 2. The molecule has 1 aliphatic carbocycles. The van der Waals surface area contributed by atoms with E-state index in [0.717, 1.165) is 0 Å². The van der Waals surface area contributed by atoms with Gasteiger partial charge in [-0.2, -0.15) is 0 Å². The van der Waals surface area contributed by atoms with E-state index in [9.17, 15) is 9.59 Å². The number of allylic oxidation sites excluding steroid dienone is 4. The molecule has 0 saturated carbocycles. The van der Waals surface area contributed by atoms with Crippen molar-refractivity contribution in [2.24, 2.45) is 0 Å². The molecule has 3 nitrogen and oxygen atoms in total. The molecule has 12 heavy (non-hydrogen) atoms. The van der Waals surface area contributed by atoms with Crippen LogP contribution in [0, 0.1) is 0 Å². The maximum Gasteiger partial charge on any atom is 0.236 e. The predicted octanol–water partition coefficient (Wildman–Crippen LogP) is 0.535. The topological polar surface area (TPSA) is 43.4 Å². The Labute approximate surface area is 69.0 Å². The summed E-state index contributed by atoms with van der Waals surface area (Å²) in [6.45, 7) is 0.463. The summed E-state index contributed by atoms with van der Waals surface area (Å²) >= 11 is 0. The van der Waals surface area contributed by atoms with E-state index in [-0.39, 0.29) is 0 Å². The maximum atomic E-state index is 11.2.